The second-order valence-electron chi connectivity index (χ2n) is 3.94. The summed E-state index contributed by atoms with van der Waals surface area (Å²) in [6.07, 6.45) is 1.85. The second kappa shape index (κ2) is 6.22. The van der Waals surface area contributed by atoms with E-state index < -0.39 is 29.7 Å². The van der Waals surface area contributed by atoms with Crippen LogP contribution < -0.4 is 10.4 Å². The zero-order valence-electron chi connectivity index (χ0n) is 9.73. The minimum absolute atomic E-state index is 0.0803. The fourth-order valence-electron chi connectivity index (χ4n) is 1.94. The van der Waals surface area contributed by atoms with Crippen molar-refractivity contribution in [3.63, 3.8) is 0 Å². The zero-order chi connectivity index (χ0) is 12.8. The maximum atomic E-state index is 11.7. The summed E-state index contributed by atoms with van der Waals surface area (Å²) in [5.41, 5.74) is 0. The van der Waals surface area contributed by atoms with Gasteiger partial charge >= 0.3 is 5.97 Å². The number of nitrogens with one attached hydrogen (secondary N) is 1. The number of aliphatic carboxylic acids is 1. The standard InChI is InChI=1S/C11H17NO5/c1-2-17-11(16)8(10(14)15)7-5-3-4-6-12-9(7)13/h7-8H,2-6H2,1H3,(H,12,13)(H,14,15)/p-1. The lowest BCUT2D eigenvalue weighted by Gasteiger charge is -2.23. The lowest BCUT2D eigenvalue weighted by molar-refractivity contribution is -0.312. The van der Waals surface area contributed by atoms with Crippen molar-refractivity contribution in [1.29, 1.82) is 0 Å². The highest BCUT2D eigenvalue weighted by Gasteiger charge is 2.36. The zero-order valence-corrected chi connectivity index (χ0v) is 9.73. The predicted molar refractivity (Wildman–Crippen MR) is 55.5 cm³/mol. The third-order valence-corrected chi connectivity index (χ3v) is 2.77. The fourth-order valence-corrected chi connectivity index (χ4v) is 1.94. The third kappa shape index (κ3) is 3.44. The van der Waals surface area contributed by atoms with E-state index in [9.17, 15) is 19.5 Å². The lowest BCUT2D eigenvalue weighted by Crippen LogP contribution is -2.46. The number of ether oxygens (including phenoxy) is 1. The van der Waals surface area contributed by atoms with Crippen LogP contribution in [0.5, 0.6) is 0 Å². The molecule has 0 spiro atoms. The summed E-state index contributed by atoms with van der Waals surface area (Å²) in [5.74, 6) is -5.25. The van der Waals surface area contributed by atoms with Crippen LogP contribution in [0.2, 0.25) is 0 Å². The van der Waals surface area contributed by atoms with Crippen molar-refractivity contribution < 1.29 is 24.2 Å². The molecule has 0 aromatic heterocycles. The molecule has 1 heterocycles. The van der Waals surface area contributed by atoms with Gasteiger partial charge < -0.3 is 20.0 Å². The monoisotopic (exact) mass is 242 g/mol. The normalized spacial score (nSPS) is 22.2. The summed E-state index contributed by atoms with van der Waals surface area (Å²) in [7, 11) is 0. The molecule has 1 fully saturated rings. The number of hydrogen-bond donors (Lipinski definition) is 1. The van der Waals surface area contributed by atoms with E-state index in [1.54, 1.807) is 6.92 Å². The molecule has 0 aliphatic carbocycles. The minimum Gasteiger partial charge on any atom is -0.549 e. The van der Waals surface area contributed by atoms with Gasteiger partial charge in [-0.1, -0.05) is 6.42 Å². The van der Waals surface area contributed by atoms with Gasteiger partial charge in [0.05, 0.1) is 18.5 Å². The van der Waals surface area contributed by atoms with Gasteiger partial charge in [-0.3, -0.25) is 9.59 Å². The molecule has 2 atom stereocenters. The van der Waals surface area contributed by atoms with E-state index >= 15 is 0 Å². The first kappa shape index (κ1) is 13.5. The van der Waals surface area contributed by atoms with E-state index in [-0.39, 0.29) is 6.61 Å². The lowest BCUT2D eigenvalue weighted by atomic mass is 9.88. The van der Waals surface area contributed by atoms with Crippen molar-refractivity contribution in [2.24, 2.45) is 11.8 Å². The highest BCUT2D eigenvalue weighted by Crippen LogP contribution is 2.22. The van der Waals surface area contributed by atoms with Gasteiger partial charge in [-0.2, -0.15) is 0 Å². The van der Waals surface area contributed by atoms with Crippen LogP contribution in [0.4, 0.5) is 0 Å². The first-order chi connectivity index (χ1) is 8.07. The van der Waals surface area contributed by atoms with Crippen LogP contribution in [0.25, 0.3) is 0 Å². The molecule has 0 aromatic carbocycles. The summed E-state index contributed by atoms with van der Waals surface area (Å²) < 4.78 is 4.67. The molecular formula is C11H16NO5-. The van der Waals surface area contributed by atoms with E-state index in [2.05, 4.69) is 10.1 Å². The smallest absolute Gasteiger partial charge is 0.315 e. The summed E-state index contributed by atoms with van der Waals surface area (Å²) >= 11 is 0. The molecule has 1 saturated heterocycles. The van der Waals surface area contributed by atoms with Crippen LogP contribution >= 0.6 is 0 Å². The average molecular weight is 242 g/mol. The van der Waals surface area contributed by atoms with Crippen molar-refractivity contribution >= 4 is 17.8 Å². The van der Waals surface area contributed by atoms with Crippen molar-refractivity contribution in [2.45, 2.75) is 26.2 Å². The number of hydrogen-bond acceptors (Lipinski definition) is 5. The molecule has 0 bridgehead atoms. The third-order valence-electron chi connectivity index (χ3n) is 2.77. The van der Waals surface area contributed by atoms with Crippen molar-refractivity contribution in [1.82, 2.24) is 5.32 Å². The van der Waals surface area contributed by atoms with Gasteiger partial charge in [0, 0.05) is 6.54 Å². The predicted octanol–water partition coefficient (Wildman–Crippen LogP) is -1.17. The molecule has 1 aliphatic heterocycles. The maximum Gasteiger partial charge on any atom is 0.315 e. The Balaban J connectivity index is 2.84. The Labute approximate surface area is 99.3 Å². The van der Waals surface area contributed by atoms with Crippen molar-refractivity contribution in [3.05, 3.63) is 0 Å². The summed E-state index contributed by atoms with van der Waals surface area (Å²) in [5, 5.41) is 13.6. The Hall–Kier alpha value is -1.59. The van der Waals surface area contributed by atoms with Gasteiger partial charge in [-0.05, 0) is 19.8 Å². The van der Waals surface area contributed by atoms with Gasteiger partial charge in [0.15, 0.2) is 0 Å². The molecule has 1 aliphatic rings. The van der Waals surface area contributed by atoms with Gasteiger partial charge in [-0.15, -0.1) is 0 Å². The van der Waals surface area contributed by atoms with Gasteiger partial charge in [-0.25, -0.2) is 0 Å². The Morgan fingerprint density at radius 2 is 2.24 bits per heavy atom. The Morgan fingerprint density at radius 3 is 2.82 bits per heavy atom. The average Bonchev–Trinajstić information content (AvgIpc) is 2.45. The van der Waals surface area contributed by atoms with Crippen molar-refractivity contribution in [3.8, 4) is 0 Å². The SMILES string of the molecule is CCOC(=O)C(C(=O)[O-])C1CCCCNC1=O. The number of carboxylic acid groups (broad SMARTS) is 1. The summed E-state index contributed by atoms with van der Waals surface area (Å²) in [6, 6.07) is 0. The van der Waals surface area contributed by atoms with Crippen LogP contribution in [0.3, 0.4) is 0 Å². The molecule has 17 heavy (non-hydrogen) atoms. The number of carbonyl (C=O) groups is 3. The maximum absolute atomic E-state index is 11.7. The molecule has 0 radical (unpaired) electrons. The molecule has 96 valence electrons. The first-order valence-electron chi connectivity index (χ1n) is 5.73. The van der Waals surface area contributed by atoms with Gasteiger partial charge in [0.1, 0.15) is 5.92 Å². The van der Waals surface area contributed by atoms with Gasteiger partial charge in [0.2, 0.25) is 5.91 Å². The molecule has 1 rings (SSSR count). The Bertz CT molecular complexity index is 315. The van der Waals surface area contributed by atoms with Crippen LogP contribution in [-0.2, 0) is 19.1 Å². The van der Waals surface area contributed by atoms with E-state index in [1.807, 2.05) is 0 Å². The van der Waals surface area contributed by atoms with Gasteiger partial charge in [0.25, 0.3) is 0 Å². The fraction of sp³-hybridized carbons (Fsp3) is 0.727. The largest absolute Gasteiger partial charge is 0.549 e. The number of esters is 1. The molecule has 0 saturated carbocycles. The van der Waals surface area contributed by atoms with Crippen LogP contribution in [0.15, 0.2) is 0 Å². The topological polar surface area (TPSA) is 95.5 Å². The van der Waals surface area contributed by atoms with Crippen LogP contribution in [0, 0.1) is 11.8 Å². The molecule has 0 aromatic rings. The quantitative estimate of drug-likeness (QED) is 0.495. The molecule has 1 amide bonds. The first-order valence-corrected chi connectivity index (χ1v) is 5.73. The van der Waals surface area contributed by atoms with E-state index in [1.165, 1.54) is 0 Å². The number of amides is 1. The molecule has 6 heteroatoms. The number of carboxylic acids is 1. The summed E-state index contributed by atoms with van der Waals surface area (Å²) in [6.45, 7) is 2.17. The molecule has 1 N–H and O–H groups in total. The van der Waals surface area contributed by atoms with E-state index in [4.69, 9.17) is 0 Å². The summed E-state index contributed by atoms with van der Waals surface area (Å²) in [4.78, 5) is 34.2. The second-order valence-corrected chi connectivity index (χ2v) is 3.94. The van der Waals surface area contributed by atoms with Crippen molar-refractivity contribution in [2.75, 3.05) is 13.2 Å². The number of carbonyl (C=O) groups excluding carboxylic acids is 3. The highest BCUT2D eigenvalue weighted by atomic mass is 16.5. The van der Waals surface area contributed by atoms with Crippen LogP contribution in [-0.4, -0.2) is 31.0 Å². The van der Waals surface area contributed by atoms with E-state index in [0.29, 0.717) is 19.4 Å². The van der Waals surface area contributed by atoms with Crippen LogP contribution in [0.1, 0.15) is 26.2 Å². The van der Waals surface area contributed by atoms with E-state index in [0.717, 1.165) is 6.42 Å². The molecule has 2 unspecified atom stereocenters. The molecular weight excluding hydrogens is 226 g/mol. The Morgan fingerprint density at radius 1 is 1.53 bits per heavy atom. The minimum atomic E-state index is -1.55. The highest BCUT2D eigenvalue weighted by molar-refractivity contribution is 5.98. The number of rotatable bonds is 4. The Kier molecular flexibility index (Phi) is 4.93. The molecule has 6 nitrogen and oxygen atoms in total.